The minimum Gasteiger partial charge on any atom is -0.482 e. The van der Waals surface area contributed by atoms with Crippen molar-refractivity contribution in [3.63, 3.8) is 0 Å². The summed E-state index contributed by atoms with van der Waals surface area (Å²) in [6.07, 6.45) is 4.70. The Bertz CT molecular complexity index is 567. The fourth-order valence-electron chi connectivity index (χ4n) is 1.74. The van der Waals surface area contributed by atoms with Crippen molar-refractivity contribution < 1.29 is 19.4 Å². The van der Waals surface area contributed by atoms with E-state index >= 15 is 0 Å². The molecule has 0 aliphatic heterocycles. The van der Waals surface area contributed by atoms with Gasteiger partial charge in [0, 0.05) is 18.2 Å². The van der Waals surface area contributed by atoms with E-state index in [2.05, 4.69) is 5.32 Å². The van der Waals surface area contributed by atoms with Gasteiger partial charge in [-0.05, 0) is 30.9 Å². The van der Waals surface area contributed by atoms with Gasteiger partial charge < -0.3 is 15.2 Å². The second-order valence-electron chi connectivity index (χ2n) is 4.87. The number of hydrogen-bond donors (Lipinski definition) is 2. The number of aliphatic carboxylic acids is 1. The molecule has 0 heterocycles. The zero-order valence-electron chi connectivity index (χ0n) is 11.3. The number of carboxylic acid groups (broad SMARTS) is 1. The van der Waals surface area contributed by atoms with Crippen molar-refractivity contribution in [2.24, 2.45) is 5.92 Å². The van der Waals surface area contributed by atoms with Crippen LogP contribution in [0.4, 0.5) is 0 Å². The predicted octanol–water partition coefficient (Wildman–Crippen LogP) is 2.34. The molecule has 1 aromatic rings. The summed E-state index contributed by atoms with van der Waals surface area (Å²) < 4.78 is 5.43. The Labute approximate surface area is 127 Å². The average molecular weight is 310 g/mol. The van der Waals surface area contributed by atoms with E-state index in [1.807, 2.05) is 0 Å². The van der Waals surface area contributed by atoms with Crippen LogP contribution in [0.25, 0.3) is 6.08 Å². The van der Waals surface area contributed by atoms with Crippen LogP contribution in [0.2, 0.25) is 5.02 Å². The van der Waals surface area contributed by atoms with Crippen LogP contribution in [0, 0.1) is 5.92 Å². The van der Waals surface area contributed by atoms with Crippen LogP contribution in [0.1, 0.15) is 18.4 Å². The standard InChI is InChI=1S/C15H16ClNO4/c16-12-3-1-2-11(6-7-14(19)20)15(12)21-9-13(18)17-8-10-4-5-10/h1-3,6-7,10H,4-5,8-9H2,(H,17,18)(H,19,20)/b7-6+. The number of carboxylic acids is 1. The minimum absolute atomic E-state index is 0.148. The van der Waals surface area contributed by atoms with Gasteiger partial charge in [-0.1, -0.05) is 23.7 Å². The third kappa shape index (κ3) is 5.11. The molecule has 1 aromatic carbocycles. The Balaban J connectivity index is 1.96. The van der Waals surface area contributed by atoms with Crippen LogP contribution in [-0.4, -0.2) is 30.1 Å². The van der Waals surface area contributed by atoms with Gasteiger partial charge in [0.15, 0.2) is 6.61 Å². The van der Waals surface area contributed by atoms with Crippen LogP contribution in [0.15, 0.2) is 24.3 Å². The Morgan fingerprint density at radius 3 is 2.86 bits per heavy atom. The maximum atomic E-state index is 11.6. The van der Waals surface area contributed by atoms with Gasteiger partial charge in [-0.15, -0.1) is 0 Å². The number of amides is 1. The van der Waals surface area contributed by atoms with Crippen LogP contribution in [0.5, 0.6) is 5.75 Å². The van der Waals surface area contributed by atoms with Gasteiger partial charge in [0.05, 0.1) is 5.02 Å². The fraction of sp³-hybridized carbons (Fsp3) is 0.333. The summed E-state index contributed by atoms with van der Waals surface area (Å²) in [4.78, 5) is 22.2. The number of carbonyl (C=O) groups is 2. The topological polar surface area (TPSA) is 75.6 Å². The quantitative estimate of drug-likeness (QED) is 0.758. The Morgan fingerprint density at radius 1 is 1.43 bits per heavy atom. The SMILES string of the molecule is O=C(O)/C=C/c1cccc(Cl)c1OCC(=O)NCC1CC1. The van der Waals surface area contributed by atoms with Crippen molar-refractivity contribution in [2.75, 3.05) is 13.2 Å². The molecule has 1 fully saturated rings. The van der Waals surface area contributed by atoms with Gasteiger partial charge in [0.1, 0.15) is 5.75 Å². The van der Waals surface area contributed by atoms with Gasteiger partial charge in [-0.25, -0.2) is 4.79 Å². The molecule has 0 aromatic heterocycles. The largest absolute Gasteiger partial charge is 0.482 e. The Hall–Kier alpha value is -2.01. The molecule has 0 radical (unpaired) electrons. The van der Waals surface area contributed by atoms with Gasteiger partial charge in [-0.2, -0.15) is 0 Å². The van der Waals surface area contributed by atoms with E-state index in [1.165, 1.54) is 6.08 Å². The number of carbonyl (C=O) groups excluding carboxylic acids is 1. The molecule has 1 amide bonds. The second-order valence-corrected chi connectivity index (χ2v) is 5.27. The molecular weight excluding hydrogens is 294 g/mol. The van der Waals surface area contributed by atoms with Crippen LogP contribution in [0.3, 0.4) is 0 Å². The first-order chi connectivity index (χ1) is 10.1. The summed E-state index contributed by atoms with van der Waals surface area (Å²) in [7, 11) is 0. The number of benzene rings is 1. The van der Waals surface area contributed by atoms with Gasteiger partial charge in [0.2, 0.25) is 0 Å². The second kappa shape index (κ2) is 7.13. The lowest BCUT2D eigenvalue weighted by Gasteiger charge is -2.11. The molecule has 1 saturated carbocycles. The highest BCUT2D eigenvalue weighted by Crippen LogP contribution is 2.30. The first-order valence-corrected chi connectivity index (χ1v) is 7.03. The molecule has 21 heavy (non-hydrogen) atoms. The first-order valence-electron chi connectivity index (χ1n) is 6.65. The van der Waals surface area contributed by atoms with Gasteiger partial charge in [-0.3, -0.25) is 4.79 Å². The molecule has 6 heteroatoms. The molecule has 2 N–H and O–H groups in total. The number of nitrogens with one attached hydrogen (secondary N) is 1. The maximum absolute atomic E-state index is 11.6. The maximum Gasteiger partial charge on any atom is 0.328 e. The smallest absolute Gasteiger partial charge is 0.328 e. The van der Waals surface area contributed by atoms with Gasteiger partial charge >= 0.3 is 5.97 Å². The molecule has 5 nitrogen and oxygen atoms in total. The Kier molecular flexibility index (Phi) is 5.22. The molecule has 0 unspecified atom stereocenters. The molecule has 112 valence electrons. The lowest BCUT2D eigenvalue weighted by Crippen LogP contribution is -2.30. The lowest BCUT2D eigenvalue weighted by molar-refractivity contribution is -0.131. The van der Waals surface area contributed by atoms with E-state index in [-0.39, 0.29) is 12.5 Å². The lowest BCUT2D eigenvalue weighted by atomic mass is 10.2. The number of rotatable bonds is 7. The normalized spacial score (nSPS) is 14.1. The minimum atomic E-state index is -1.07. The van der Waals surface area contributed by atoms with Crippen LogP contribution in [-0.2, 0) is 9.59 Å². The predicted molar refractivity (Wildman–Crippen MR) is 79.4 cm³/mol. The van der Waals surface area contributed by atoms with Crippen molar-refractivity contribution in [1.29, 1.82) is 0 Å². The number of para-hydroxylation sites is 1. The number of hydrogen-bond acceptors (Lipinski definition) is 3. The van der Waals surface area contributed by atoms with Crippen LogP contribution < -0.4 is 10.1 Å². The van der Waals surface area contributed by atoms with E-state index in [1.54, 1.807) is 18.2 Å². The fourth-order valence-corrected chi connectivity index (χ4v) is 1.98. The van der Waals surface area contributed by atoms with E-state index < -0.39 is 5.97 Å². The van der Waals surface area contributed by atoms with Crippen molar-refractivity contribution in [2.45, 2.75) is 12.8 Å². The molecule has 0 saturated heterocycles. The summed E-state index contributed by atoms with van der Waals surface area (Å²) in [5, 5.41) is 11.8. The molecule has 0 bridgehead atoms. The summed E-state index contributed by atoms with van der Waals surface area (Å²) in [5.74, 6) is -0.375. The Morgan fingerprint density at radius 2 is 2.19 bits per heavy atom. The van der Waals surface area contributed by atoms with Crippen molar-refractivity contribution in [3.8, 4) is 5.75 Å². The van der Waals surface area contributed by atoms with E-state index in [0.29, 0.717) is 28.8 Å². The summed E-state index contributed by atoms with van der Waals surface area (Å²) in [5.41, 5.74) is 0.514. The molecular formula is C15H16ClNO4. The van der Waals surface area contributed by atoms with E-state index in [9.17, 15) is 9.59 Å². The highest BCUT2D eigenvalue weighted by molar-refractivity contribution is 6.32. The summed E-state index contributed by atoms with van der Waals surface area (Å²) >= 11 is 6.03. The number of ether oxygens (including phenoxy) is 1. The molecule has 0 spiro atoms. The van der Waals surface area contributed by atoms with Crippen molar-refractivity contribution in [3.05, 3.63) is 34.9 Å². The summed E-state index contributed by atoms with van der Waals surface area (Å²) in [6, 6.07) is 4.98. The highest BCUT2D eigenvalue weighted by Gasteiger charge is 2.21. The zero-order chi connectivity index (χ0) is 15.2. The average Bonchev–Trinajstić information content (AvgIpc) is 3.26. The van der Waals surface area contributed by atoms with Crippen molar-refractivity contribution in [1.82, 2.24) is 5.32 Å². The van der Waals surface area contributed by atoms with E-state index in [4.69, 9.17) is 21.4 Å². The zero-order valence-corrected chi connectivity index (χ0v) is 12.1. The third-order valence-corrected chi connectivity index (χ3v) is 3.33. The first kappa shape index (κ1) is 15.4. The van der Waals surface area contributed by atoms with Gasteiger partial charge in [0.25, 0.3) is 5.91 Å². The summed E-state index contributed by atoms with van der Waals surface area (Å²) in [6.45, 7) is 0.529. The van der Waals surface area contributed by atoms with Crippen molar-refractivity contribution >= 4 is 29.6 Å². The van der Waals surface area contributed by atoms with Crippen LogP contribution >= 0.6 is 11.6 Å². The third-order valence-electron chi connectivity index (χ3n) is 3.04. The molecule has 1 aliphatic carbocycles. The monoisotopic (exact) mass is 309 g/mol. The molecule has 0 atom stereocenters. The highest BCUT2D eigenvalue weighted by atomic mass is 35.5. The number of halogens is 1. The molecule has 2 rings (SSSR count). The van der Waals surface area contributed by atoms with E-state index in [0.717, 1.165) is 18.9 Å². The molecule has 1 aliphatic rings.